The number of carbonyl (C=O) groups is 1. The minimum atomic E-state index is -1.32. The van der Waals surface area contributed by atoms with Crippen molar-refractivity contribution in [3.8, 4) is 6.07 Å². The van der Waals surface area contributed by atoms with Crippen molar-refractivity contribution in [3.05, 3.63) is 67.9 Å². The molecule has 0 heterocycles. The lowest BCUT2D eigenvalue weighted by Gasteiger charge is -2.12. The summed E-state index contributed by atoms with van der Waals surface area (Å²) in [5.74, 6) is -2.56. The molecule has 2 aromatic rings. The molecule has 0 aromatic heterocycles. The molecule has 0 radical (unpaired) electrons. The third-order valence-electron chi connectivity index (χ3n) is 2.88. The molecule has 2 rings (SSSR count). The van der Waals surface area contributed by atoms with Crippen LogP contribution in [0, 0.1) is 17.1 Å². The highest BCUT2D eigenvalue weighted by molar-refractivity contribution is 9.10. The van der Waals surface area contributed by atoms with Crippen LogP contribution in [0.15, 0.2) is 40.9 Å². The van der Waals surface area contributed by atoms with Gasteiger partial charge in [-0.05, 0) is 46.3 Å². The van der Waals surface area contributed by atoms with Crippen LogP contribution in [0.4, 0.5) is 4.39 Å². The quantitative estimate of drug-likeness (QED) is 0.664. The first-order chi connectivity index (χ1) is 9.95. The Hall–Kier alpha value is -1.41. The molecule has 0 spiro atoms. The summed E-state index contributed by atoms with van der Waals surface area (Å²) in [5, 5.41) is 9.75. The molecule has 2 aromatic carbocycles. The summed E-state index contributed by atoms with van der Waals surface area (Å²) in [6.07, 6.45) is 0. The third-order valence-corrected chi connectivity index (χ3v) is 4.10. The van der Waals surface area contributed by atoms with Gasteiger partial charge in [-0.15, -0.1) is 0 Å². The fourth-order valence-electron chi connectivity index (χ4n) is 1.89. The zero-order valence-corrected chi connectivity index (χ0v) is 13.5. The van der Waals surface area contributed by atoms with Gasteiger partial charge >= 0.3 is 0 Å². The SMILES string of the molecule is N#CC(C(=O)c1ccc(Cl)cc1Br)c1c(F)cccc1Cl. The standard InChI is InChI=1S/C15H7BrCl2FNO/c16-11-6-8(17)4-5-9(11)15(21)10(7-20)14-12(18)2-1-3-13(14)19/h1-6,10H. The molecule has 6 heteroatoms. The van der Waals surface area contributed by atoms with Crippen molar-refractivity contribution >= 4 is 44.9 Å². The average molecular weight is 387 g/mol. The monoisotopic (exact) mass is 385 g/mol. The number of rotatable bonds is 3. The predicted molar refractivity (Wildman–Crippen MR) is 83.2 cm³/mol. The number of hydrogen-bond acceptors (Lipinski definition) is 2. The first kappa shape index (κ1) is 16.0. The highest BCUT2D eigenvalue weighted by Gasteiger charge is 2.28. The zero-order valence-electron chi connectivity index (χ0n) is 10.4. The molecule has 0 fully saturated rings. The maximum absolute atomic E-state index is 13.9. The second-order valence-electron chi connectivity index (χ2n) is 4.19. The van der Waals surface area contributed by atoms with E-state index in [2.05, 4.69) is 15.9 Å². The van der Waals surface area contributed by atoms with Gasteiger partial charge in [0.1, 0.15) is 11.7 Å². The van der Waals surface area contributed by atoms with Crippen molar-refractivity contribution in [3.63, 3.8) is 0 Å². The number of carbonyl (C=O) groups excluding carboxylic acids is 1. The van der Waals surface area contributed by atoms with Gasteiger partial charge in [0.25, 0.3) is 0 Å². The van der Waals surface area contributed by atoms with Crippen LogP contribution in [0.1, 0.15) is 21.8 Å². The van der Waals surface area contributed by atoms with Crippen molar-refractivity contribution < 1.29 is 9.18 Å². The Balaban J connectivity index is 2.52. The Bertz CT molecular complexity index is 738. The largest absolute Gasteiger partial charge is 0.292 e. The molecule has 1 unspecified atom stereocenters. The van der Waals surface area contributed by atoms with Crippen LogP contribution in [-0.4, -0.2) is 5.78 Å². The summed E-state index contributed by atoms with van der Waals surface area (Å²) in [5.41, 5.74) is 0.124. The first-order valence-electron chi connectivity index (χ1n) is 5.78. The van der Waals surface area contributed by atoms with E-state index in [-0.39, 0.29) is 16.1 Å². The molecule has 0 aliphatic rings. The lowest BCUT2D eigenvalue weighted by atomic mass is 9.91. The smallest absolute Gasteiger partial charge is 0.185 e. The summed E-state index contributed by atoms with van der Waals surface area (Å²) >= 11 is 15.0. The maximum Gasteiger partial charge on any atom is 0.185 e. The van der Waals surface area contributed by atoms with Gasteiger partial charge < -0.3 is 0 Å². The average Bonchev–Trinajstić information content (AvgIpc) is 2.42. The summed E-state index contributed by atoms with van der Waals surface area (Å²) in [6, 6.07) is 10.4. The van der Waals surface area contributed by atoms with Crippen molar-refractivity contribution in [2.75, 3.05) is 0 Å². The zero-order chi connectivity index (χ0) is 15.6. The van der Waals surface area contributed by atoms with Crippen molar-refractivity contribution in [2.45, 2.75) is 5.92 Å². The molecule has 0 N–H and O–H groups in total. The normalized spacial score (nSPS) is 11.8. The Labute approximate surface area is 139 Å². The molecule has 1 atom stereocenters. The highest BCUT2D eigenvalue weighted by Crippen LogP contribution is 2.32. The van der Waals surface area contributed by atoms with Crippen LogP contribution in [0.2, 0.25) is 10.0 Å². The molecule has 106 valence electrons. The molecule has 0 saturated heterocycles. The number of benzene rings is 2. The minimum absolute atomic E-state index is 0.0417. The minimum Gasteiger partial charge on any atom is -0.292 e. The third kappa shape index (κ3) is 3.26. The van der Waals surface area contributed by atoms with E-state index >= 15 is 0 Å². The summed E-state index contributed by atoms with van der Waals surface area (Å²) < 4.78 is 14.3. The van der Waals surface area contributed by atoms with E-state index in [9.17, 15) is 14.4 Å². The highest BCUT2D eigenvalue weighted by atomic mass is 79.9. The van der Waals surface area contributed by atoms with E-state index in [1.165, 1.54) is 30.3 Å². The number of hydrogen-bond donors (Lipinski definition) is 0. The van der Waals surface area contributed by atoms with Crippen molar-refractivity contribution in [2.24, 2.45) is 0 Å². The summed E-state index contributed by atoms with van der Waals surface area (Å²) in [7, 11) is 0. The van der Waals surface area contributed by atoms with Gasteiger partial charge in [-0.3, -0.25) is 4.79 Å². The van der Waals surface area contributed by atoms with Crippen LogP contribution in [0.3, 0.4) is 0 Å². The second kappa shape index (κ2) is 6.57. The Morgan fingerprint density at radius 1 is 1.29 bits per heavy atom. The number of ketones is 1. The summed E-state index contributed by atoms with van der Waals surface area (Å²) in [6.45, 7) is 0. The molecule has 2 nitrogen and oxygen atoms in total. The van der Waals surface area contributed by atoms with Crippen molar-refractivity contribution in [1.82, 2.24) is 0 Å². The van der Waals surface area contributed by atoms with E-state index < -0.39 is 17.5 Å². The van der Waals surface area contributed by atoms with Gasteiger partial charge in [0.05, 0.1) is 6.07 Å². The van der Waals surface area contributed by atoms with E-state index in [1.54, 1.807) is 0 Å². The Kier molecular flexibility index (Phi) is 5.00. The summed E-state index contributed by atoms with van der Waals surface area (Å²) in [4.78, 5) is 12.5. The molecule has 0 amide bonds. The second-order valence-corrected chi connectivity index (χ2v) is 5.88. The van der Waals surface area contributed by atoms with Gasteiger partial charge in [-0.25, -0.2) is 4.39 Å². The van der Waals surface area contributed by atoms with E-state index in [1.807, 2.05) is 6.07 Å². The molecule has 0 saturated carbocycles. The first-order valence-corrected chi connectivity index (χ1v) is 7.33. The van der Waals surface area contributed by atoms with Crippen LogP contribution in [0.5, 0.6) is 0 Å². The van der Waals surface area contributed by atoms with Crippen LogP contribution >= 0.6 is 39.1 Å². The van der Waals surface area contributed by atoms with E-state index in [4.69, 9.17) is 23.2 Å². The molecule has 21 heavy (non-hydrogen) atoms. The number of Topliss-reactive ketones (excluding diaryl/α,β-unsaturated/α-hetero) is 1. The van der Waals surface area contributed by atoms with Crippen LogP contribution in [-0.2, 0) is 0 Å². The predicted octanol–water partition coefficient (Wildman–Crippen LogP) is 5.39. The van der Waals surface area contributed by atoms with Gasteiger partial charge in [0, 0.05) is 25.6 Å². The molecular weight excluding hydrogens is 380 g/mol. The fraction of sp³-hybridized carbons (Fsp3) is 0.0667. The van der Waals surface area contributed by atoms with Gasteiger partial charge in [-0.2, -0.15) is 5.26 Å². The van der Waals surface area contributed by atoms with Gasteiger partial charge in [0.15, 0.2) is 5.78 Å². The van der Waals surface area contributed by atoms with E-state index in [0.29, 0.717) is 9.50 Å². The van der Waals surface area contributed by atoms with Crippen LogP contribution in [0.25, 0.3) is 0 Å². The Morgan fingerprint density at radius 2 is 2.00 bits per heavy atom. The molecule has 0 aliphatic heterocycles. The molecular formula is C15H7BrCl2FNO. The fourth-order valence-corrected chi connectivity index (χ4v) is 3.04. The lowest BCUT2D eigenvalue weighted by Crippen LogP contribution is -2.14. The van der Waals surface area contributed by atoms with E-state index in [0.717, 1.165) is 6.07 Å². The molecule has 0 bridgehead atoms. The Morgan fingerprint density at radius 3 is 2.57 bits per heavy atom. The topological polar surface area (TPSA) is 40.9 Å². The van der Waals surface area contributed by atoms with Gasteiger partial charge in [0.2, 0.25) is 0 Å². The maximum atomic E-state index is 13.9. The number of nitriles is 1. The van der Waals surface area contributed by atoms with Crippen LogP contribution < -0.4 is 0 Å². The lowest BCUT2D eigenvalue weighted by molar-refractivity contribution is 0.0976. The number of halogens is 4. The molecule has 0 aliphatic carbocycles. The van der Waals surface area contributed by atoms with Gasteiger partial charge in [-0.1, -0.05) is 29.3 Å². The number of nitrogens with zero attached hydrogens (tertiary/aromatic N) is 1. The van der Waals surface area contributed by atoms with Crippen molar-refractivity contribution in [1.29, 1.82) is 5.26 Å².